The lowest BCUT2D eigenvalue weighted by atomic mass is 10.1. The van der Waals surface area contributed by atoms with Crippen molar-refractivity contribution >= 4 is 17.4 Å². The highest BCUT2D eigenvalue weighted by molar-refractivity contribution is 6.33. The van der Waals surface area contributed by atoms with Crippen LogP contribution in [0.15, 0.2) is 24.3 Å². The van der Waals surface area contributed by atoms with Crippen molar-refractivity contribution in [3.8, 4) is 0 Å². The highest BCUT2D eigenvalue weighted by Crippen LogP contribution is 2.19. The predicted molar refractivity (Wildman–Crippen MR) is 58.4 cm³/mol. The van der Waals surface area contributed by atoms with Crippen LogP contribution in [-0.4, -0.2) is 23.8 Å². The van der Waals surface area contributed by atoms with Crippen LogP contribution < -0.4 is 0 Å². The van der Waals surface area contributed by atoms with E-state index in [1.165, 1.54) is 6.07 Å². The number of carbonyl (C=O) groups excluding carboxylic acids is 2. The zero-order chi connectivity index (χ0) is 12.8. The third-order valence-electron chi connectivity index (χ3n) is 2.22. The molecule has 0 radical (unpaired) electrons. The molecule has 0 amide bonds. The summed E-state index contributed by atoms with van der Waals surface area (Å²) in [5, 5.41) is 10.7. The first kappa shape index (κ1) is 12.8. The Kier molecular flexibility index (Phi) is 4.33. The molecule has 90 valence electrons. The minimum atomic E-state index is -0.927. The van der Waals surface area contributed by atoms with Gasteiger partial charge in [0.25, 0.3) is 5.69 Å². The number of para-hydroxylation sites is 1. The molecule has 6 heteroatoms. The van der Waals surface area contributed by atoms with E-state index < -0.39 is 16.7 Å². The standard InChI is InChI=1S/C11H11NO5/c1-17-11(14)10(13)7-6-8-4-2-3-5-9(8)12(15)16/h2-5H,6-7H2,1H3. The van der Waals surface area contributed by atoms with Crippen molar-refractivity contribution in [1.82, 2.24) is 0 Å². The van der Waals surface area contributed by atoms with Crippen molar-refractivity contribution in [2.75, 3.05) is 7.11 Å². The average Bonchev–Trinajstić information content (AvgIpc) is 2.35. The molecule has 0 unspecified atom stereocenters. The Hall–Kier alpha value is -2.24. The minimum Gasteiger partial charge on any atom is -0.463 e. The zero-order valence-electron chi connectivity index (χ0n) is 9.21. The average molecular weight is 237 g/mol. The van der Waals surface area contributed by atoms with E-state index in [0.717, 1.165) is 7.11 Å². The number of Topliss-reactive ketones (excluding diaryl/α,β-unsaturated/α-hetero) is 1. The number of nitro groups is 1. The number of aryl methyl sites for hydroxylation is 1. The monoisotopic (exact) mass is 237 g/mol. The van der Waals surface area contributed by atoms with Crippen LogP contribution in [0.4, 0.5) is 5.69 Å². The molecule has 0 aromatic heterocycles. The molecule has 0 saturated carbocycles. The summed E-state index contributed by atoms with van der Waals surface area (Å²) in [7, 11) is 1.12. The Morgan fingerprint density at radius 2 is 2.00 bits per heavy atom. The van der Waals surface area contributed by atoms with Crippen molar-refractivity contribution in [1.29, 1.82) is 0 Å². The normalized spacial score (nSPS) is 9.71. The molecule has 0 fully saturated rings. The van der Waals surface area contributed by atoms with E-state index in [-0.39, 0.29) is 18.5 Å². The van der Waals surface area contributed by atoms with Gasteiger partial charge in [-0.05, 0) is 6.42 Å². The summed E-state index contributed by atoms with van der Waals surface area (Å²) in [6.45, 7) is 0. The first-order chi connectivity index (χ1) is 8.06. The van der Waals surface area contributed by atoms with Crippen molar-refractivity contribution in [3.05, 3.63) is 39.9 Å². The van der Waals surface area contributed by atoms with Crippen molar-refractivity contribution < 1.29 is 19.2 Å². The third-order valence-corrected chi connectivity index (χ3v) is 2.22. The number of esters is 1. The van der Waals surface area contributed by atoms with Crippen LogP contribution in [0, 0.1) is 10.1 Å². The Morgan fingerprint density at radius 1 is 1.35 bits per heavy atom. The molecule has 0 aliphatic heterocycles. The molecular weight excluding hydrogens is 226 g/mol. The number of hydrogen-bond acceptors (Lipinski definition) is 5. The lowest BCUT2D eigenvalue weighted by molar-refractivity contribution is -0.385. The van der Waals surface area contributed by atoms with E-state index in [2.05, 4.69) is 4.74 Å². The molecule has 17 heavy (non-hydrogen) atoms. The van der Waals surface area contributed by atoms with E-state index >= 15 is 0 Å². The maximum absolute atomic E-state index is 11.2. The van der Waals surface area contributed by atoms with E-state index in [1.54, 1.807) is 18.2 Å². The van der Waals surface area contributed by atoms with Gasteiger partial charge in [0.15, 0.2) is 0 Å². The molecule has 0 aliphatic carbocycles. The Bertz CT molecular complexity index is 455. The number of nitrogens with zero attached hydrogens (tertiary/aromatic N) is 1. The van der Waals surface area contributed by atoms with Crippen molar-refractivity contribution in [3.63, 3.8) is 0 Å². The highest BCUT2D eigenvalue weighted by atomic mass is 16.6. The van der Waals surface area contributed by atoms with E-state index in [0.29, 0.717) is 5.56 Å². The van der Waals surface area contributed by atoms with Crippen molar-refractivity contribution in [2.45, 2.75) is 12.8 Å². The van der Waals surface area contributed by atoms with Gasteiger partial charge in [0, 0.05) is 18.1 Å². The molecule has 0 spiro atoms. The van der Waals surface area contributed by atoms with Crippen LogP contribution in [0.25, 0.3) is 0 Å². The summed E-state index contributed by atoms with van der Waals surface area (Å²) in [5.74, 6) is -1.62. The van der Waals surface area contributed by atoms with Gasteiger partial charge in [-0.3, -0.25) is 14.9 Å². The second-order valence-electron chi connectivity index (χ2n) is 3.30. The molecule has 0 saturated heterocycles. The van der Waals surface area contributed by atoms with Crippen LogP contribution in [0.3, 0.4) is 0 Å². The predicted octanol–water partition coefficient (Wildman–Crippen LogP) is 1.27. The molecule has 6 nitrogen and oxygen atoms in total. The molecule has 0 aliphatic rings. The summed E-state index contributed by atoms with van der Waals surface area (Å²) in [4.78, 5) is 32.2. The number of hydrogen-bond donors (Lipinski definition) is 0. The van der Waals surface area contributed by atoms with E-state index in [9.17, 15) is 19.7 Å². The van der Waals surface area contributed by atoms with Crippen LogP contribution in [0.2, 0.25) is 0 Å². The van der Waals surface area contributed by atoms with Gasteiger partial charge < -0.3 is 4.74 Å². The molecule has 0 N–H and O–H groups in total. The van der Waals surface area contributed by atoms with Crippen LogP contribution in [0.1, 0.15) is 12.0 Å². The quantitative estimate of drug-likeness (QED) is 0.333. The van der Waals surface area contributed by atoms with Crippen molar-refractivity contribution in [2.24, 2.45) is 0 Å². The zero-order valence-corrected chi connectivity index (χ0v) is 9.21. The number of carbonyl (C=O) groups is 2. The first-order valence-electron chi connectivity index (χ1n) is 4.89. The van der Waals surface area contributed by atoms with Gasteiger partial charge in [-0.2, -0.15) is 0 Å². The summed E-state index contributed by atoms with van der Waals surface area (Å²) in [6.07, 6.45) is 0.0443. The lowest BCUT2D eigenvalue weighted by Crippen LogP contribution is -2.16. The molecule has 0 atom stereocenters. The fourth-order valence-electron chi connectivity index (χ4n) is 1.36. The largest absolute Gasteiger partial charge is 0.463 e. The second kappa shape index (κ2) is 5.74. The molecule has 1 aromatic rings. The fraction of sp³-hybridized carbons (Fsp3) is 0.273. The van der Waals surface area contributed by atoms with Gasteiger partial charge in [0.05, 0.1) is 12.0 Å². The maximum Gasteiger partial charge on any atom is 0.374 e. The van der Waals surface area contributed by atoms with Gasteiger partial charge in [0.1, 0.15) is 0 Å². The number of nitro benzene ring substituents is 1. The Morgan fingerprint density at radius 3 is 2.59 bits per heavy atom. The molecular formula is C11H11NO5. The molecule has 1 aromatic carbocycles. The number of ketones is 1. The second-order valence-corrected chi connectivity index (χ2v) is 3.30. The summed E-state index contributed by atoms with van der Waals surface area (Å²) in [6, 6.07) is 6.11. The molecule has 1 rings (SSSR count). The van der Waals surface area contributed by atoms with Crippen LogP contribution >= 0.6 is 0 Å². The van der Waals surface area contributed by atoms with E-state index in [4.69, 9.17) is 0 Å². The maximum atomic E-state index is 11.2. The number of ether oxygens (including phenoxy) is 1. The van der Waals surface area contributed by atoms with E-state index in [1.807, 2.05) is 0 Å². The summed E-state index contributed by atoms with van der Waals surface area (Å²) < 4.78 is 4.26. The number of rotatable bonds is 5. The van der Waals surface area contributed by atoms with Gasteiger partial charge in [-0.15, -0.1) is 0 Å². The van der Waals surface area contributed by atoms with Crippen LogP contribution in [-0.2, 0) is 20.7 Å². The first-order valence-corrected chi connectivity index (χ1v) is 4.89. The topological polar surface area (TPSA) is 86.5 Å². The smallest absolute Gasteiger partial charge is 0.374 e. The van der Waals surface area contributed by atoms with Gasteiger partial charge in [0.2, 0.25) is 5.78 Å². The summed E-state index contributed by atoms with van der Waals surface area (Å²) >= 11 is 0. The Balaban J connectivity index is 2.73. The van der Waals surface area contributed by atoms with Gasteiger partial charge in [-0.25, -0.2) is 4.79 Å². The van der Waals surface area contributed by atoms with Gasteiger partial charge >= 0.3 is 5.97 Å². The minimum absolute atomic E-state index is 0.0508. The number of methoxy groups -OCH3 is 1. The van der Waals surface area contributed by atoms with Gasteiger partial charge in [-0.1, -0.05) is 18.2 Å². The van der Waals surface area contributed by atoms with Crippen LogP contribution in [0.5, 0.6) is 0 Å². The third kappa shape index (κ3) is 3.37. The fourth-order valence-corrected chi connectivity index (χ4v) is 1.36. The highest BCUT2D eigenvalue weighted by Gasteiger charge is 2.17. The Labute approximate surface area is 97.3 Å². The summed E-state index contributed by atoms with van der Waals surface area (Å²) in [5.41, 5.74) is 0.375. The SMILES string of the molecule is COC(=O)C(=O)CCc1ccccc1[N+](=O)[O-]. The molecule has 0 bridgehead atoms. The lowest BCUT2D eigenvalue weighted by Gasteiger charge is -2.01. The number of benzene rings is 1. The molecule has 0 heterocycles.